The zero-order valence-electron chi connectivity index (χ0n) is 6.25. The highest BCUT2D eigenvalue weighted by molar-refractivity contribution is 5.09. The molecule has 0 aliphatic carbocycles. The van der Waals surface area contributed by atoms with Crippen LogP contribution in [-0.4, -0.2) is 10.2 Å². The molecule has 0 spiro atoms. The minimum atomic E-state index is 0.117. The van der Waals surface area contributed by atoms with E-state index in [1.807, 2.05) is 12.3 Å². The van der Waals surface area contributed by atoms with Crippen LogP contribution in [0, 0.1) is 0 Å². The summed E-state index contributed by atoms with van der Waals surface area (Å²) in [5.41, 5.74) is 3.72. The monoisotopic (exact) mass is 152 g/mol. The molecule has 0 aliphatic rings. The van der Waals surface area contributed by atoms with Gasteiger partial charge in [0.15, 0.2) is 0 Å². The van der Waals surface area contributed by atoms with E-state index in [2.05, 4.69) is 22.2 Å². The van der Waals surface area contributed by atoms with E-state index in [0.29, 0.717) is 0 Å². The van der Waals surface area contributed by atoms with Gasteiger partial charge in [0.05, 0.1) is 12.2 Å². The number of hydrogen-bond acceptors (Lipinski definition) is 3. The van der Waals surface area contributed by atoms with Crippen molar-refractivity contribution < 1.29 is 0 Å². The molecule has 0 bridgehead atoms. The molecule has 1 heterocycles. The fraction of sp³-hybridized carbons (Fsp3) is 0.286. The zero-order valence-corrected chi connectivity index (χ0v) is 6.25. The average molecular weight is 152 g/mol. The Morgan fingerprint density at radius 3 is 3.18 bits per heavy atom. The van der Waals surface area contributed by atoms with Crippen molar-refractivity contribution in [2.75, 3.05) is 0 Å². The molecule has 60 valence electrons. The van der Waals surface area contributed by atoms with Crippen molar-refractivity contribution in [2.24, 2.45) is 5.84 Å². The summed E-state index contributed by atoms with van der Waals surface area (Å²) in [6.07, 6.45) is 6.18. The van der Waals surface area contributed by atoms with E-state index >= 15 is 0 Å². The lowest BCUT2D eigenvalue weighted by Crippen LogP contribution is -2.27. The SMILES string of the molecule is C=CCC(NN)c1cn[nH]c1. The zero-order chi connectivity index (χ0) is 8.10. The van der Waals surface area contributed by atoms with Crippen molar-refractivity contribution in [1.82, 2.24) is 15.6 Å². The first-order valence-corrected chi connectivity index (χ1v) is 3.44. The molecule has 4 nitrogen and oxygen atoms in total. The molecule has 1 atom stereocenters. The fourth-order valence-electron chi connectivity index (χ4n) is 0.918. The highest BCUT2D eigenvalue weighted by Crippen LogP contribution is 2.13. The van der Waals surface area contributed by atoms with E-state index in [9.17, 15) is 0 Å². The fourth-order valence-corrected chi connectivity index (χ4v) is 0.918. The minimum absolute atomic E-state index is 0.117. The molecule has 11 heavy (non-hydrogen) atoms. The first-order valence-electron chi connectivity index (χ1n) is 3.44. The number of nitrogens with one attached hydrogen (secondary N) is 2. The van der Waals surface area contributed by atoms with Gasteiger partial charge in [0, 0.05) is 11.8 Å². The third kappa shape index (κ3) is 1.89. The van der Waals surface area contributed by atoms with E-state index in [4.69, 9.17) is 5.84 Å². The van der Waals surface area contributed by atoms with Gasteiger partial charge >= 0.3 is 0 Å². The van der Waals surface area contributed by atoms with Crippen LogP contribution in [0.3, 0.4) is 0 Å². The molecule has 1 aromatic heterocycles. The average Bonchev–Trinajstić information content (AvgIpc) is 2.52. The topological polar surface area (TPSA) is 66.7 Å². The summed E-state index contributed by atoms with van der Waals surface area (Å²) in [6, 6.07) is 0.117. The number of hydrogen-bond donors (Lipinski definition) is 3. The molecule has 0 saturated carbocycles. The number of H-pyrrole nitrogens is 1. The van der Waals surface area contributed by atoms with Crippen LogP contribution in [0.25, 0.3) is 0 Å². The third-order valence-corrected chi connectivity index (χ3v) is 1.53. The van der Waals surface area contributed by atoms with Gasteiger partial charge in [0.25, 0.3) is 0 Å². The van der Waals surface area contributed by atoms with E-state index < -0.39 is 0 Å². The molecule has 4 N–H and O–H groups in total. The number of aromatic nitrogens is 2. The largest absolute Gasteiger partial charge is 0.285 e. The molecule has 1 rings (SSSR count). The molecule has 4 heteroatoms. The normalized spacial score (nSPS) is 12.8. The predicted octanol–water partition coefficient (Wildman–Crippen LogP) is 0.490. The maximum Gasteiger partial charge on any atom is 0.0535 e. The Morgan fingerprint density at radius 1 is 1.91 bits per heavy atom. The van der Waals surface area contributed by atoms with Crippen molar-refractivity contribution in [3.05, 3.63) is 30.6 Å². The van der Waals surface area contributed by atoms with Crippen molar-refractivity contribution in [3.8, 4) is 0 Å². The highest BCUT2D eigenvalue weighted by Gasteiger charge is 2.06. The third-order valence-electron chi connectivity index (χ3n) is 1.53. The maximum absolute atomic E-state index is 5.31. The number of rotatable bonds is 4. The van der Waals surface area contributed by atoms with Gasteiger partial charge in [-0.1, -0.05) is 6.08 Å². The number of aromatic amines is 1. The second-order valence-electron chi connectivity index (χ2n) is 2.28. The van der Waals surface area contributed by atoms with E-state index in [1.165, 1.54) is 0 Å². The van der Waals surface area contributed by atoms with Gasteiger partial charge in [0.1, 0.15) is 0 Å². The molecule has 1 unspecified atom stereocenters. The van der Waals surface area contributed by atoms with Gasteiger partial charge in [-0.05, 0) is 6.42 Å². The van der Waals surface area contributed by atoms with Gasteiger partial charge in [-0.15, -0.1) is 6.58 Å². The Bertz CT molecular complexity index is 204. The number of nitrogens with zero attached hydrogens (tertiary/aromatic N) is 1. The number of hydrazine groups is 1. The van der Waals surface area contributed by atoms with Crippen LogP contribution in [0.4, 0.5) is 0 Å². The Labute approximate surface area is 65.5 Å². The first-order chi connectivity index (χ1) is 5.38. The molecule has 0 fully saturated rings. The molecule has 0 radical (unpaired) electrons. The van der Waals surface area contributed by atoms with Crippen LogP contribution < -0.4 is 11.3 Å². The van der Waals surface area contributed by atoms with Crippen LogP contribution in [0.15, 0.2) is 25.0 Å². The van der Waals surface area contributed by atoms with E-state index in [1.54, 1.807) is 6.20 Å². The van der Waals surface area contributed by atoms with E-state index in [-0.39, 0.29) is 6.04 Å². The summed E-state index contributed by atoms with van der Waals surface area (Å²) < 4.78 is 0. The van der Waals surface area contributed by atoms with Crippen LogP contribution >= 0.6 is 0 Å². The quantitative estimate of drug-likeness (QED) is 0.334. The molecule has 1 aromatic rings. The molecule has 0 aliphatic heterocycles. The van der Waals surface area contributed by atoms with Crippen molar-refractivity contribution in [1.29, 1.82) is 0 Å². The summed E-state index contributed by atoms with van der Waals surface area (Å²) >= 11 is 0. The van der Waals surface area contributed by atoms with Gasteiger partial charge in [-0.3, -0.25) is 16.4 Å². The van der Waals surface area contributed by atoms with Crippen molar-refractivity contribution in [3.63, 3.8) is 0 Å². The summed E-state index contributed by atoms with van der Waals surface area (Å²) in [5, 5.41) is 6.54. The molecule has 0 amide bonds. The van der Waals surface area contributed by atoms with Crippen LogP contribution in [0.2, 0.25) is 0 Å². The summed E-state index contributed by atoms with van der Waals surface area (Å²) in [7, 11) is 0. The van der Waals surface area contributed by atoms with Gasteiger partial charge < -0.3 is 0 Å². The second-order valence-corrected chi connectivity index (χ2v) is 2.28. The standard InChI is InChI=1S/C7H12N4/c1-2-3-7(11-8)6-4-9-10-5-6/h2,4-5,7,11H,1,3,8H2,(H,9,10). The molecular formula is C7H12N4. The van der Waals surface area contributed by atoms with Gasteiger partial charge in [-0.25, -0.2) is 0 Å². The lowest BCUT2D eigenvalue weighted by atomic mass is 10.1. The number of nitrogens with two attached hydrogens (primary N) is 1. The predicted molar refractivity (Wildman–Crippen MR) is 43.5 cm³/mol. The van der Waals surface area contributed by atoms with Crippen LogP contribution in [-0.2, 0) is 0 Å². The van der Waals surface area contributed by atoms with E-state index in [0.717, 1.165) is 12.0 Å². The lowest BCUT2D eigenvalue weighted by Gasteiger charge is -2.09. The second kappa shape index (κ2) is 3.90. The Hall–Kier alpha value is -1.13. The molecule has 0 aromatic carbocycles. The molecular weight excluding hydrogens is 140 g/mol. The van der Waals surface area contributed by atoms with Gasteiger partial charge in [-0.2, -0.15) is 5.10 Å². The minimum Gasteiger partial charge on any atom is -0.285 e. The summed E-state index contributed by atoms with van der Waals surface area (Å²) in [4.78, 5) is 0. The Kier molecular flexibility index (Phi) is 2.83. The van der Waals surface area contributed by atoms with Crippen molar-refractivity contribution >= 4 is 0 Å². The Morgan fingerprint density at radius 2 is 2.73 bits per heavy atom. The van der Waals surface area contributed by atoms with Gasteiger partial charge in [0.2, 0.25) is 0 Å². The lowest BCUT2D eigenvalue weighted by molar-refractivity contribution is 0.562. The van der Waals surface area contributed by atoms with Crippen LogP contribution in [0.5, 0.6) is 0 Å². The Balaban J connectivity index is 2.62. The summed E-state index contributed by atoms with van der Waals surface area (Å²) in [5.74, 6) is 5.31. The summed E-state index contributed by atoms with van der Waals surface area (Å²) in [6.45, 7) is 3.63. The highest BCUT2D eigenvalue weighted by atomic mass is 15.2. The van der Waals surface area contributed by atoms with Crippen LogP contribution in [0.1, 0.15) is 18.0 Å². The van der Waals surface area contributed by atoms with Crippen molar-refractivity contribution in [2.45, 2.75) is 12.5 Å². The smallest absolute Gasteiger partial charge is 0.0535 e. The molecule has 0 saturated heterocycles. The maximum atomic E-state index is 5.31. The first kappa shape index (κ1) is 7.97.